The fraction of sp³-hybridized carbons (Fsp3) is 0.190. The van der Waals surface area contributed by atoms with Gasteiger partial charge >= 0.3 is 0 Å². The third-order valence-electron chi connectivity index (χ3n) is 4.84. The van der Waals surface area contributed by atoms with Gasteiger partial charge in [0.15, 0.2) is 0 Å². The van der Waals surface area contributed by atoms with E-state index in [0.29, 0.717) is 16.4 Å². The van der Waals surface area contributed by atoms with Gasteiger partial charge in [-0.15, -0.1) is 11.3 Å². The van der Waals surface area contributed by atoms with Crippen LogP contribution in [-0.4, -0.2) is 20.9 Å². The molecular formula is C21H19ClN2O3S2. The fourth-order valence-corrected chi connectivity index (χ4v) is 5.92. The smallest absolute Gasteiger partial charge is 0.258 e. The average Bonchev–Trinajstić information content (AvgIpc) is 3.32. The average molecular weight is 447 g/mol. The van der Waals surface area contributed by atoms with E-state index in [0.717, 1.165) is 40.1 Å². The first-order chi connectivity index (χ1) is 13.8. The molecule has 0 bridgehead atoms. The van der Waals surface area contributed by atoms with Gasteiger partial charge in [0.25, 0.3) is 5.91 Å². The molecule has 1 aliphatic heterocycles. The Labute approximate surface area is 179 Å². The Kier molecular flexibility index (Phi) is 5.48. The van der Waals surface area contributed by atoms with Gasteiger partial charge in [0.05, 0.1) is 4.34 Å². The molecule has 0 saturated heterocycles. The van der Waals surface area contributed by atoms with Crippen molar-refractivity contribution < 1.29 is 13.2 Å². The molecule has 0 unspecified atom stereocenters. The van der Waals surface area contributed by atoms with Gasteiger partial charge in [-0.3, -0.25) is 4.79 Å². The second kappa shape index (κ2) is 7.91. The van der Waals surface area contributed by atoms with Gasteiger partial charge in [-0.25, -0.2) is 13.1 Å². The second-order valence-corrected chi connectivity index (χ2v) is 10.6. The van der Waals surface area contributed by atoms with E-state index in [1.165, 1.54) is 6.07 Å². The lowest BCUT2D eigenvalue weighted by Crippen LogP contribution is -2.29. The van der Waals surface area contributed by atoms with Crippen molar-refractivity contribution in [3.05, 3.63) is 81.2 Å². The lowest BCUT2D eigenvalue weighted by molar-refractivity contribution is 0.0989. The van der Waals surface area contributed by atoms with E-state index >= 15 is 0 Å². The number of amides is 1. The predicted molar refractivity (Wildman–Crippen MR) is 116 cm³/mol. The Bertz CT molecular complexity index is 1190. The second-order valence-electron chi connectivity index (χ2n) is 6.92. The molecule has 150 valence electrons. The summed E-state index contributed by atoms with van der Waals surface area (Å²) in [4.78, 5) is 14.7. The van der Waals surface area contributed by atoms with Crippen LogP contribution in [0.3, 0.4) is 0 Å². The minimum absolute atomic E-state index is 0.0431. The zero-order valence-electron chi connectivity index (χ0n) is 15.7. The summed E-state index contributed by atoms with van der Waals surface area (Å²) in [7, 11) is -3.63. The molecule has 4 rings (SSSR count). The van der Waals surface area contributed by atoms with E-state index in [4.69, 9.17) is 11.6 Å². The van der Waals surface area contributed by atoms with Crippen molar-refractivity contribution in [3.8, 4) is 0 Å². The molecule has 0 saturated carbocycles. The number of carbonyl (C=O) groups is 1. The number of rotatable bonds is 5. The SMILES string of the molecule is Cc1cccc(C(=O)N2CCc3ccc(CNS(=O)(=O)c4ccc(Cl)s4)cc32)c1. The van der Waals surface area contributed by atoms with Crippen LogP contribution in [0.2, 0.25) is 4.34 Å². The molecular weight excluding hydrogens is 428 g/mol. The number of carbonyl (C=O) groups excluding carboxylic acids is 1. The number of sulfonamides is 1. The van der Waals surface area contributed by atoms with E-state index in [-0.39, 0.29) is 16.7 Å². The standard InChI is InChI=1S/C21H19ClN2O3S2/c1-14-3-2-4-17(11-14)21(25)24-10-9-16-6-5-15(12-18(16)24)13-23-29(26,27)20-8-7-19(22)28-20/h2-8,11-12,23H,9-10,13H2,1H3. The Balaban J connectivity index is 1.54. The molecule has 1 aliphatic rings. The molecule has 2 aromatic carbocycles. The van der Waals surface area contributed by atoms with Crippen LogP contribution >= 0.6 is 22.9 Å². The number of halogens is 1. The minimum atomic E-state index is -3.63. The van der Waals surface area contributed by atoms with Crippen molar-refractivity contribution in [3.63, 3.8) is 0 Å². The number of hydrogen-bond acceptors (Lipinski definition) is 4. The number of nitrogens with one attached hydrogen (secondary N) is 1. The van der Waals surface area contributed by atoms with Crippen LogP contribution < -0.4 is 9.62 Å². The highest BCUT2D eigenvalue weighted by molar-refractivity contribution is 7.91. The third-order valence-corrected chi connectivity index (χ3v) is 7.96. The van der Waals surface area contributed by atoms with Crippen molar-refractivity contribution in [1.29, 1.82) is 0 Å². The summed E-state index contributed by atoms with van der Waals surface area (Å²) in [6.45, 7) is 2.71. The third kappa shape index (κ3) is 4.23. The van der Waals surface area contributed by atoms with E-state index in [1.807, 2.05) is 49.4 Å². The quantitative estimate of drug-likeness (QED) is 0.632. The highest BCUT2D eigenvalue weighted by Gasteiger charge is 2.26. The van der Waals surface area contributed by atoms with Gasteiger partial charge in [-0.1, -0.05) is 41.4 Å². The maximum atomic E-state index is 13.0. The van der Waals surface area contributed by atoms with Crippen molar-refractivity contribution in [2.24, 2.45) is 0 Å². The van der Waals surface area contributed by atoms with Crippen LogP contribution in [0.25, 0.3) is 0 Å². The maximum Gasteiger partial charge on any atom is 0.258 e. The normalized spacial score (nSPS) is 13.5. The predicted octanol–water partition coefficient (Wildman–Crippen LogP) is 4.39. The molecule has 1 N–H and O–H groups in total. The van der Waals surface area contributed by atoms with Crippen LogP contribution in [0.1, 0.15) is 27.0 Å². The van der Waals surface area contributed by atoms with Crippen molar-refractivity contribution in [1.82, 2.24) is 4.72 Å². The Morgan fingerprint density at radius 2 is 2.00 bits per heavy atom. The largest absolute Gasteiger partial charge is 0.308 e. The summed E-state index contributed by atoms with van der Waals surface area (Å²) in [5.74, 6) is -0.0431. The first-order valence-electron chi connectivity index (χ1n) is 9.09. The molecule has 0 spiro atoms. The van der Waals surface area contributed by atoms with E-state index in [2.05, 4.69) is 4.72 Å². The number of thiophene rings is 1. The first kappa shape index (κ1) is 20.1. The Morgan fingerprint density at radius 1 is 1.17 bits per heavy atom. The minimum Gasteiger partial charge on any atom is -0.308 e. The van der Waals surface area contributed by atoms with E-state index < -0.39 is 10.0 Å². The van der Waals surface area contributed by atoms with Gasteiger partial charge in [-0.05, 0) is 54.8 Å². The summed E-state index contributed by atoms with van der Waals surface area (Å²) in [5.41, 5.74) is 4.40. The lowest BCUT2D eigenvalue weighted by atomic mass is 10.1. The molecule has 0 radical (unpaired) electrons. The number of aryl methyl sites for hydroxylation is 1. The molecule has 29 heavy (non-hydrogen) atoms. The van der Waals surface area contributed by atoms with Crippen molar-refractivity contribution >= 4 is 44.6 Å². The van der Waals surface area contributed by atoms with Crippen LogP contribution in [0, 0.1) is 6.92 Å². The molecule has 0 aliphatic carbocycles. The lowest BCUT2D eigenvalue weighted by Gasteiger charge is -2.18. The maximum absolute atomic E-state index is 13.0. The molecule has 3 aromatic rings. The van der Waals surface area contributed by atoms with Gasteiger partial charge in [0.1, 0.15) is 4.21 Å². The van der Waals surface area contributed by atoms with Crippen molar-refractivity contribution in [2.75, 3.05) is 11.4 Å². The van der Waals surface area contributed by atoms with Gasteiger partial charge in [0.2, 0.25) is 10.0 Å². The number of anilines is 1. The molecule has 8 heteroatoms. The van der Waals surface area contributed by atoms with Crippen LogP contribution in [0.5, 0.6) is 0 Å². The van der Waals surface area contributed by atoms with Gasteiger partial charge < -0.3 is 4.90 Å². The zero-order chi connectivity index (χ0) is 20.6. The van der Waals surface area contributed by atoms with Gasteiger partial charge in [0, 0.05) is 24.3 Å². The molecule has 0 atom stereocenters. The zero-order valence-corrected chi connectivity index (χ0v) is 18.1. The number of fused-ring (bicyclic) bond motifs is 1. The van der Waals surface area contributed by atoms with Crippen molar-refractivity contribution in [2.45, 2.75) is 24.1 Å². The first-order valence-corrected chi connectivity index (χ1v) is 11.8. The number of hydrogen-bond donors (Lipinski definition) is 1. The van der Waals surface area contributed by atoms with Crippen LogP contribution in [-0.2, 0) is 23.0 Å². The van der Waals surface area contributed by atoms with Gasteiger partial charge in [-0.2, -0.15) is 0 Å². The Morgan fingerprint density at radius 3 is 2.72 bits per heavy atom. The highest BCUT2D eigenvalue weighted by Crippen LogP contribution is 2.31. The van der Waals surface area contributed by atoms with E-state index in [1.54, 1.807) is 11.0 Å². The number of benzene rings is 2. The summed E-state index contributed by atoms with van der Waals surface area (Å²) in [5, 5.41) is 0. The molecule has 2 heterocycles. The molecule has 1 aromatic heterocycles. The van der Waals surface area contributed by atoms with E-state index in [9.17, 15) is 13.2 Å². The topological polar surface area (TPSA) is 66.5 Å². The summed E-state index contributed by atoms with van der Waals surface area (Å²) < 4.78 is 28.0. The monoisotopic (exact) mass is 446 g/mol. The Hall–Kier alpha value is -2.19. The molecule has 0 fully saturated rings. The number of nitrogens with zero attached hydrogens (tertiary/aromatic N) is 1. The highest BCUT2D eigenvalue weighted by atomic mass is 35.5. The fourth-order valence-electron chi connectivity index (χ4n) is 3.37. The van der Waals surface area contributed by atoms with Crippen LogP contribution in [0.15, 0.2) is 58.8 Å². The molecule has 1 amide bonds. The summed E-state index contributed by atoms with van der Waals surface area (Å²) in [6, 6.07) is 16.3. The molecule has 5 nitrogen and oxygen atoms in total. The summed E-state index contributed by atoms with van der Waals surface area (Å²) in [6.07, 6.45) is 0.784. The summed E-state index contributed by atoms with van der Waals surface area (Å²) >= 11 is 6.86. The van der Waals surface area contributed by atoms with Crippen LogP contribution in [0.4, 0.5) is 5.69 Å².